The zero-order valence-corrected chi connectivity index (χ0v) is 13.2. The van der Waals surface area contributed by atoms with Crippen LogP contribution in [0.1, 0.15) is 17.3 Å². The van der Waals surface area contributed by atoms with Crippen molar-refractivity contribution < 1.29 is 14.3 Å². The molecular formula is C17H17NO3S. The monoisotopic (exact) mass is 315 g/mol. The molecule has 0 aliphatic carbocycles. The number of hydrogen-bond acceptors (Lipinski definition) is 4. The Labute approximate surface area is 133 Å². The molecule has 0 spiro atoms. The molecule has 0 radical (unpaired) electrons. The molecule has 2 aromatic rings. The molecule has 114 valence electrons. The van der Waals surface area contributed by atoms with E-state index in [9.17, 15) is 9.59 Å². The van der Waals surface area contributed by atoms with Gasteiger partial charge in [0.15, 0.2) is 6.10 Å². The Kier molecular flexibility index (Phi) is 5.61. The molecule has 0 aliphatic rings. The van der Waals surface area contributed by atoms with E-state index in [1.54, 1.807) is 31.2 Å². The average molecular weight is 315 g/mol. The maximum atomic E-state index is 12.2. The van der Waals surface area contributed by atoms with Crippen molar-refractivity contribution in [3.05, 3.63) is 60.2 Å². The van der Waals surface area contributed by atoms with E-state index in [4.69, 9.17) is 4.74 Å². The van der Waals surface area contributed by atoms with E-state index in [1.807, 2.05) is 36.6 Å². The van der Waals surface area contributed by atoms with Crippen molar-refractivity contribution in [2.24, 2.45) is 0 Å². The number of carbonyl (C=O) groups excluding carboxylic acids is 2. The molecule has 0 unspecified atom stereocenters. The van der Waals surface area contributed by atoms with E-state index >= 15 is 0 Å². The second kappa shape index (κ2) is 7.66. The third-order valence-corrected chi connectivity index (χ3v) is 3.82. The van der Waals surface area contributed by atoms with Gasteiger partial charge in [-0.15, -0.1) is 11.8 Å². The topological polar surface area (TPSA) is 55.4 Å². The predicted octanol–water partition coefficient (Wildman–Crippen LogP) is 3.59. The summed E-state index contributed by atoms with van der Waals surface area (Å²) in [5.74, 6) is -0.859. The Morgan fingerprint density at radius 1 is 1.05 bits per heavy atom. The summed E-state index contributed by atoms with van der Waals surface area (Å²) in [6.07, 6.45) is 1.01. The second-order valence-corrected chi connectivity index (χ2v) is 5.45. The van der Waals surface area contributed by atoms with Crippen LogP contribution in [0.25, 0.3) is 0 Å². The lowest BCUT2D eigenvalue weighted by atomic mass is 10.2. The maximum Gasteiger partial charge on any atom is 0.340 e. The number of thioether (sulfide) groups is 1. The van der Waals surface area contributed by atoms with Gasteiger partial charge in [0.05, 0.1) is 5.56 Å². The third kappa shape index (κ3) is 4.11. The minimum Gasteiger partial charge on any atom is -0.449 e. The lowest BCUT2D eigenvalue weighted by Gasteiger charge is -2.14. The van der Waals surface area contributed by atoms with Crippen LogP contribution in [0.5, 0.6) is 0 Å². The van der Waals surface area contributed by atoms with Crippen LogP contribution in [0, 0.1) is 0 Å². The molecule has 0 aliphatic heterocycles. The average Bonchev–Trinajstić information content (AvgIpc) is 2.55. The van der Waals surface area contributed by atoms with Crippen molar-refractivity contribution in [2.75, 3.05) is 11.6 Å². The Balaban J connectivity index is 2.00. The molecule has 0 saturated carbocycles. The summed E-state index contributed by atoms with van der Waals surface area (Å²) in [6, 6.07) is 16.2. The summed E-state index contributed by atoms with van der Waals surface area (Å²) in [6.45, 7) is 1.55. The molecule has 0 heterocycles. The fourth-order valence-electron chi connectivity index (χ4n) is 1.86. The zero-order valence-electron chi connectivity index (χ0n) is 12.4. The van der Waals surface area contributed by atoms with E-state index in [1.165, 1.54) is 11.8 Å². The van der Waals surface area contributed by atoms with Crippen molar-refractivity contribution in [1.29, 1.82) is 0 Å². The normalized spacial score (nSPS) is 11.5. The van der Waals surface area contributed by atoms with Crippen LogP contribution in [-0.2, 0) is 9.53 Å². The van der Waals surface area contributed by atoms with Crippen LogP contribution in [0.4, 0.5) is 5.69 Å². The first kappa shape index (κ1) is 16.1. The number of para-hydroxylation sites is 1. The van der Waals surface area contributed by atoms with Crippen LogP contribution in [-0.4, -0.2) is 24.2 Å². The summed E-state index contributed by atoms with van der Waals surface area (Å²) in [5.41, 5.74) is 1.13. The first-order valence-corrected chi connectivity index (χ1v) is 8.04. The number of ether oxygens (including phenoxy) is 1. The first-order valence-electron chi connectivity index (χ1n) is 6.81. The molecule has 22 heavy (non-hydrogen) atoms. The highest BCUT2D eigenvalue weighted by Crippen LogP contribution is 2.21. The number of benzene rings is 2. The first-order chi connectivity index (χ1) is 10.6. The number of esters is 1. The van der Waals surface area contributed by atoms with Crippen LogP contribution in [0.15, 0.2) is 59.5 Å². The van der Waals surface area contributed by atoms with Gasteiger partial charge in [-0.25, -0.2) is 4.79 Å². The quantitative estimate of drug-likeness (QED) is 0.676. The molecule has 0 bridgehead atoms. The van der Waals surface area contributed by atoms with Gasteiger partial charge < -0.3 is 10.1 Å². The molecule has 5 heteroatoms. The molecule has 2 aromatic carbocycles. The number of rotatable bonds is 5. The smallest absolute Gasteiger partial charge is 0.340 e. The van der Waals surface area contributed by atoms with Crippen LogP contribution in [0.2, 0.25) is 0 Å². The van der Waals surface area contributed by atoms with Gasteiger partial charge in [0, 0.05) is 10.6 Å². The molecule has 0 aromatic heterocycles. The minimum atomic E-state index is -0.873. The van der Waals surface area contributed by atoms with Crippen LogP contribution in [0.3, 0.4) is 0 Å². The number of nitrogens with one attached hydrogen (secondary N) is 1. The van der Waals surface area contributed by atoms with Gasteiger partial charge in [0.1, 0.15) is 0 Å². The van der Waals surface area contributed by atoms with E-state index in [0.29, 0.717) is 11.3 Å². The Hall–Kier alpha value is -2.27. The fraction of sp³-hybridized carbons (Fsp3) is 0.176. The van der Waals surface area contributed by atoms with Gasteiger partial charge in [-0.3, -0.25) is 4.79 Å². The highest BCUT2D eigenvalue weighted by molar-refractivity contribution is 7.98. The molecule has 0 saturated heterocycles. The van der Waals surface area contributed by atoms with E-state index in [0.717, 1.165) is 4.90 Å². The van der Waals surface area contributed by atoms with Gasteiger partial charge in [0.25, 0.3) is 5.91 Å². The number of hydrogen-bond donors (Lipinski definition) is 1. The SMILES string of the molecule is CSc1ccccc1C(=O)O[C@H](C)C(=O)Nc1ccccc1. The lowest BCUT2D eigenvalue weighted by molar-refractivity contribution is -0.123. The molecule has 4 nitrogen and oxygen atoms in total. The second-order valence-electron chi connectivity index (χ2n) is 4.60. The van der Waals surface area contributed by atoms with Crippen molar-refractivity contribution in [2.45, 2.75) is 17.9 Å². The van der Waals surface area contributed by atoms with E-state index in [-0.39, 0.29) is 5.91 Å². The lowest BCUT2D eigenvalue weighted by Crippen LogP contribution is -2.30. The Morgan fingerprint density at radius 3 is 2.36 bits per heavy atom. The number of carbonyl (C=O) groups is 2. The van der Waals surface area contributed by atoms with Gasteiger partial charge in [-0.1, -0.05) is 30.3 Å². The predicted molar refractivity (Wildman–Crippen MR) is 88.2 cm³/mol. The number of anilines is 1. The van der Waals surface area contributed by atoms with Gasteiger partial charge >= 0.3 is 5.97 Å². The number of amides is 1. The van der Waals surface area contributed by atoms with Crippen molar-refractivity contribution in [3.8, 4) is 0 Å². The summed E-state index contributed by atoms with van der Waals surface area (Å²) >= 11 is 1.46. The summed E-state index contributed by atoms with van der Waals surface area (Å²) in [7, 11) is 0. The molecule has 1 atom stereocenters. The highest BCUT2D eigenvalue weighted by Gasteiger charge is 2.20. The molecule has 2 rings (SSSR count). The summed E-state index contributed by atoms with van der Waals surface area (Å²) in [5, 5.41) is 2.71. The highest BCUT2D eigenvalue weighted by atomic mass is 32.2. The zero-order chi connectivity index (χ0) is 15.9. The fourth-order valence-corrected chi connectivity index (χ4v) is 2.44. The standard InChI is InChI=1S/C17H17NO3S/c1-12(16(19)18-13-8-4-3-5-9-13)21-17(20)14-10-6-7-11-15(14)22-2/h3-12H,1-2H3,(H,18,19)/t12-/m1/s1. The van der Waals surface area contributed by atoms with Gasteiger partial charge in [0.2, 0.25) is 0 Å². The molecular weight excluding hydrogens is 298 g/mol. The van der Waals surface area contributed by atoms with Crippen LogP contribution < -0.4 is 5.32 Å². The van der Waals surface area contributed by atoms with Crippen LogP contribution >= 0.6 is 11.8 Å². The third-order valence-electron chi connectivity index (χ3n) is 3.02. The Bertz CT molecular complexity index is 658. The van der Waals surface area contributed by atoms with Gasteiger partial charge in [-0.2, -0.15) is 0 Å². The largest absolute Gasteiger partial charge is 0.449 e. The van der Waals surface area contributed by atoms with E-state index in [2.05, 4.69) is 5.32 Å². The van der Waals surface area contributed by atoms with Crippen molar-refractivity contribution >= 4 is 29.3 Å². The van der Waals surface area contributed by atoms with Crippen molar-refractivity contribution in [3.63, 3.8) is 0 Å². The molecule has 1 amide bonds. The molecule has 1 N–H and O–H groups in total. The summed E-state index contributed by atoms with van der Waals surface area (Å²) < 4.78 is 5.25. The Morgan fingerprint density at radius 2 is 1.68 bits per heavy atom. The van der Waals surface area contributed by atoms with E-state index < -0.39 is 12.1 Å². The minimum absolute atomic E-state index is 0.360. The van der Waals surface area contributed by atoms with Crippen molar-refractivity contribution in [1.82, 2.24) is 0 Å². The maximum absolute atomic E-state index is 12.2. The molecule has 0 fully saturated rings. The summed E-state index contributed by atoms with van der Waals surface area (Å²) in [4.78, 5) is 25.0. The van der Waals surface area contributed by atoms with Gasteiger partial charge in [-0.05, 0) is 37.4 Å².